The molecule has 0 saturated heterocycles. The van der Waals surface area contributed by atoms with Crippen molar-refractivity contribution in [3.8, 4) is 5.75 Å². The van der Waals surface area contributed by atoms with Crippen molar-refractivity contribution in [3.63, 3.8) is 0 Å². The highest BCUT2D eigenvalue weighted by Gasteiger charge is 2.16. The van der Waals surface area contributed by atoms with Gasteiger partial charge in [0.2, 0.25) is 0 Å². The second kappa shape index (κ2) is 7.66. The van der Waals surface area contributed by atoms with Gasteiger partial charge in [0.05, 0.1) is 11.9 Å². The Balaban J connectivity index is 1.72. The highest BCUT2D eigenvalue weighted by atomic mass is 35.5. The number of ether oxygens (including phenoxy) is 1. The summed E-state index contributed by atoms with van der Waals surface area (Å²) in [6.45, 7) is 0.183. The van der Waals surface area contributed by atoms with E-state index in [2.05, 4.69) is 10.3 Å². The highest BCUT2D eigenvalue weighted by molar-refractivity contribution is 7.12. The molecular weight excluding hydrogens is 367 g/mol. The van der Waals surface area contributed by atoms with Crippen LogP contribution in [0.4, 0.5) is 5.69 Å². The van der Waals surface area contributed by atoms with Crippen molar-refractivity contribution in [1.82, 2.24) is 4.98 Å². The lowest BCUT2D eigenvalue weighted by molar-refractivity contribution is 0.102. The SMILES string of the molecule is O=C(Nc1cccnc1)c1sccc1OCc1c(Cl)cccc1Cl. The molecule has 0 atom stereocenters. The topological polar surface area (TPSA) is 51.2 Å². The third-order valence-electron chi connectivity index (χ3n) is 3.19. The number of benzene rings is 1. The molecule has 0 bridgehead atoms. The Morgan fingerprint density at radius 2 is 1.96 bits per heavy atom. The Hall–Kier alpha value is -2.08. The zero-order chi connectivity index (χ0) is 16.9. The van der Waals surface area contributed by atoms with Gasteiger partial charge in [0.1, 0.15) is 17.2 Å². The number of rotatable bonds is 5. The molecule has 1 amide bonds. The summed E-state index contributed by atoms with van der Waals surface area (Å²) >= 11 is 13.6. The molecule has 0 aliphatic carbocycles. The maximum absolute atomic E-state index is 12.4. The summed E-state index contributed by atoms with van der Waals surface area (Å²) in [4.78, 5) is 16.8. The van der Waals surface area contributed by atoms with Crippen LogP contribution in [0.5, 0.6) is 5.75 Å². The van der Waals surface area contributed by atoms with E-state index in [9.17, 15) is 4.79 Å². The van der Waals surface area contributed by atoms with E-state index >= 15 is 0 Å². The van der Waals surface area contributed by atoms with Crippen LogP contribution in [0.3, 0.4) is 0 Å². The number of carbonyl (C=O) groups excluding carboxylic acids is 1. The molecule has 0 spiro atoms. The third-order valence-corrected chi connectivity index (χ3v) is 4.79. The van der Waals surface area contributed by atoms with E-state index in [1.165, 1.54) is 11.3 Å². The lowest BCUT2D eigenvalue weighted by atomic mass is 10.2. The lowest BCUT2D eigenvalue weighted by Gasteiger charge is -2.10. The fourth-order valence-corrected chi connectivity index (χ4v) is 3.26. The zero-order valence-electron chi connectivity index (χ0n) is 12.3. The maximum Gasteiger partial charge on any atom is 0.269 e. The predicted octanol–water partition coefficient (Wildman–Crippen LogP) is 5.28. The number of aromatic nitrogens is 1. The van der Waals surface area contributed by atoms with Crippen molar-refractivity contribution in [2.75, 3.05) is 5.32 Å². The van der Waals surface area contributed by atoms with Crippen molar-refractivity contribution in [1.29, 1.82) is 0 Å². The molecule has 1 N–H and O–H groups in total. The fraction of sp³-hybridized carbons (Fsp3) is 0.0588. The highest BCUT2D eigenvalue weighted by Crippen LogP contribution is 2.30. The van der Waals surface area contributed by atoms with Gasteiger partial charge in [-0.05, 0) is 35.7 Å². The Morgan fingerprint density at radius 1 is 1.17 bits per heavy atom. The summed E-state index contributed by atoms with van der Waals surface area (Å²) in [6, 6.07) is 10.5. The van der Waals surface area contributed by atoms with E-state index in [1.807, 2.05) is 0 Å². The number of hydrogen-bond donors (Lipinski definition) is 1. The van der Waals surface area contributed by atoms with E-state index in [1.54, 1.807) is 54.2 Å². The minimum absolute atomic E-state index is 0.183. The monoisotopic (exact) mass is 378 g/mol. The number of nitrogens with zero attached hydrogens (tertiary/aromatic N) is 1. The Labute approximate surface area is 153 Å². The molecule has 0 fully saturated rings. The third kappa shape index (κ3) is 3.87. The number of carbonyl (C=O) groups is 1. The van der Waals surface area contributed by atoms with E-state index in [4.69, 9.17) is 27.9 Å². The largest absolute Gasteiger partial charge is 0.487 e. The summed E-state index contributed by atoms with van der Waals surface area (Å²) < 4.78 is 5.75. The smallest absolute Gasteiger partial charge is 0.269 e. The van der Waals surface area contributed by atoms with Gasteiger partial charge in [0.15, 0.2) is 0 Å². The number of amides is 1. The summed E-state index contributed by atoms with van der Waals surface area (Å²) in [5.41, 5.74) is 1.31. The second-order valence-electron chi connectivity index (χ2n) is 4.80. The van der Waals surface area contributed by atoms with Crippen LogP contribution >= 0.6 is 34.5 Å². The summed E-state index contributed by atoms with van der Waals surface area (Å²) in [6.07, 6.45) is 3.22. The van der Waals surface area contributed by atoms with E-state index in [0.717, 1.165) is 0 Å². The van der Waals surface area contributed by atoms with Crippen LogP contribution in [-0.4, -0.2) is 10.9 Å². The normalized spacial score (nSPS) is 10.4. The Kier molecular flexibility index (Phi) is 5.35. The predicted molar refractivity (Wildman–Crippen MR) is 97.3 cm³/mol. The Bertz CT molecular complexity index is 833. The van der Waals surface area contributed by atoms with Crippen LogP contribution in [-0.2, 0) is 6.61 Å². The number of anilines is 1. The second-order valence-corrected chi connectivity index (χ2v) is 6.53. The van der Waals surface area contributed by atoms with Gasteiger partial charge >= 0.3 is 0 Å². The molecule has 0 radical (unpaired) electrons. The molecule has 7 heteroatoms. The van der Waals surface area contributed by atoms with Crippen molar-refractivity contribution >= 4 is 46.1 Å². The zero-order valence-corrected chi connectivity index (χ0v) is 14.7. The average Bonchev–Trinajstić information content (AvgIpc) is 3.04. The van der Waals surface area contributed by atoms with Crippen LogP contribution in [0.15, 0.2) is 54.2 Å². The lowest BCUT2D eigenvalue weighted by Crippen LogP contribution is -2.12. The van der Waals surface area contributed by atoms with Crippen molar-refractivity contribution in [3.05, 3.63) is 74.7 Å². The van der Waals surface area contributed by atoms with Crippen LogP contribution in [0.1, 0.15) is 15.2 Å². The van der Waals surface area contributed by atoms with Crippen molar-refractivity contribution in [2.45, 2.75) is 6.61 Å². The number of hydrogen-bond acceptors (Lipinski definition) is 4. The first-order valence-electron chi connectivity index (χ1n) is 6.99. The number of thiophene rings is 1. The molecule has 24 heavy (non-hydrogen) atoms. The molecule has 2 heterocycles. The van der Waals surface area contributed by atoms with Crippen LogP contribution in [0.25, 0.3) is 0 Å². The van der Waals surface area contributed by atoms with E-state index in [-0.39, 0.29) is 12.5 Å². The standard InChI is InChI=1S/C17H12Cl2N2O2S/c18-13-4-1-5-14(19)12(13)10-23-15-6-8-24-16(15)17(22)21-11-3-2-7-20-9-11/h1-9H,10H2,(H,21,22). The summed E-state index contributed by atoms with van der Waals surface area (Å²) in [7, 11) is 0. The van der Waals surface area contributed by atoms with Gasteiger partial charge in [-0.15, -0.1) is 11.3 Å². The molecule has 2 aromatic heterocycles. The molecule has 1 aromatic carbocycles. The minimum Gasteiger partial charge on any atom is -0.487 e. The first-order valence-corrected chi connectivity index (χ1v) is 8.63. The minimum atomic E-state index is -0.252. The molecular formula is C17H12Cl2N2O2S. The molecule has 4 nitrogen and oxygen atoms in total. The van der Waals surface area contributed by atoms with E-state index in [0.29, 0.717) is 31.9 Å². The van der Waals surface area contributed by atoms with Gasteiger partial charge in [-0.3, -0.25) is 9.78 Å². The van der Waals surface area contributed by atoms with Crippen LogP contribution < -0.4 is 10.1 Å². The van der Waals surface area contributed by atoms with Gasteiger partial charge < -0.3 is 10.1 Å². The number of nitrogens with one attached hydrogen (secondary N) is 1. The molecule has 3 aromatic rings. The van der Waals surface area contributed by atoms with Crippen LogP contribution in [0.2, 0.25) is 10.0 Å². The van der Waals surface area contributed by atoms with E-state index < -0.39 is 0 Å². The van der Waals surface area contributed by atoms with Gasteiger partial charge in [-0.2, -0.15) is 0 Å². The first-order chi connectivity index (χ1) is 11.6. The maximum atomic E-state index is 12.4. The first kappa shape index (κ1) is 16.8. The molecule has 0 saturated carbocycles. The van der Waals surface area contributed by atoms with Crippen molar-refractivity contribution < 1.29 is 9.53 Å². The van der Waals surface area contributed by atoms with Gasteiger partial charge in [-0.1, -0.05) is 29.3 Å². The molecule has 122 valence electrons. The summed E-state index contributed by atoms with van der Waals surface area (Å²) in [5, 5.41) is 5.63. The van der Waals surface area contributed by atoms with Gasteiger partial charge in [0, 0.05) is 21.8 Å². The molecule has 0 aliphatic rings. The molecule has 0 aliphatic heterocycles. The summed E-state index contributed by atoms with van der Waals surface area (Å²) in [5.74, 6) is 0.232. The van der Waals surface area contributed by atoms with Gasteiger partial charge in [-0.25, -0.2) is 0 Å². The number of halogens is 2. The van der Waals surface area contributed by atoms with Gasteiger partial charge in [0.25, 0.3) is 5.91 Å². The fourth-order valence-electron chi connectivity index (χ4n) is 2.02. The van der Waals surface area contributed by atoms with Crippen LogP contribution in [0, 0.1) is 0 Å². The quantitative estimate of drug-likeness (QED) is 0.656. The van der Waals surface area contributed by atoms with Crippen molar-refractivity contribution in [2.24, 2.45) is 0 Å². The average molecular weight is 379 g/mol. The molecule has 3 rings (SSSR count). The Morgan fingerprint density at radius 3 is 2.67 bits per heavy atom. The molecule has 0 unspecified atom stereocenters. The number of pyridine rings is 1.